The molecule has 0 bridgehead atoms. The lowest BCUT2D eigenvalue weighted by atomic mass is 10.1. The summed E-state index contributed by atoms with van der Waals surface area (Å²) in [6.45, 7) is 1.36. The van der Waals surface area contributed by atoms with Gasteiger partial charge in [-0.3, -0.25) is 9.59 Å². The maximum absolute atomic E-state index is 12.2. The zero-order chi connectivity index (χ0) is 16.4. The van der Waals surface area contributed by atoms with Gasteiger partial charge in [-0.15, -0.1) is 0 Å². The highest BCUT2D eigenvalue weighted by atomic mass is 35.5. The molecule has 0 radical (unpaired) electrons. The van der Waals surface area contributed by atoms with E-state index in [4.69, 9.17) is 22.1 Å². The van der Waals surface area contributed by atoms with Gasteiger partial charge in [0.15, 0.2) is 0 Å². The van der Waals surface area contributed by atoms with Gasteiger partial charge in [-0.1, -0.05) is 17.7 Å². The summed E-state index contributed by atoms with van der Waals surface area (Å²) in [5, 5.41) is 0.638. The Kier molecular flexibility index (Phi) is 4.39. The van der Waals surface area contributed by atoms with Gasteiger partial charge in [-0.2, -0.15) is 0 Å². The van der Waals surface area contributed by atoms with Gasteiger partial charge in [0.25, 0.3) is 0 Å². The number of rotatable bonds is 3. The maximum Gasteiger partial charge on any atom is 0.246 e. The SMILES string of the molecule is NC(=O)[C@@H]1CCN(C(=O)/C=C/C2=Cc3cc(Cl)ccc3OC2)C1. The first-order valence-corrected chi connectivity index (χ1v) is 7.80. The Hall–Kier alpha value is -2.27. The van der Waals surface area contributed by atoms with Gasteiger partial charge in [0.1, 0.15) is 12.4 Å². The maximum atomic E-state index is 12.2. The Morgan fingerprint density at radius 3 is 2.96 bits per heavy atom. The van der Waals surface area contributed by atoms with E-state index in [0.717, 1.165) is 16.9 Å². The summed E-state index contributed by atoms with van der Waals surface area (Å²) in [6, 6.07) is 5.43. The van der Waals surface area contributed by atoms with Crippen molar-refractivity contribution in [2.24, 2.45) is 11.7 Å². The average molecular weight is 333 g/mol. The largest absolute Gasteiger partial charge is 0.488 e. The summed E-state index contributed by atoms with van der Waals surface area (Å²) >= 11 is 5.98. The molecule has 0 saturated carbocycles. The number of benzene rings is 1. The highest BCUT2D eigenvalue weighted by Crippen LogP contribution is 2.29. The molecule has 5 nitrogen and oxygen atoms in total. The fourth-order valence-electron chi connectivity index (χ4n) is 2.74. The minimum Gasteiger partial charge on any atom is -0.488 e. The monoisotopic (exact) mass is 332 g/mol. The lowest BCUT2D eigenvalue weighted by Crippen LogP contribution is -2.30. The van der Waals surface area contributed by atoms with Crippen LogP contribution in [0.3, 0.4) is 0 Å². The molecule has 2 aliphatic heterocycles. The van der Waals surface area contributed by atoms with Crippen LogP contribution in [-0.4, -0.2) is 36.4 Å². The van der Waals surface area contributed by atoms with Gasteiger partial charge in [-0.25, -0.2) is 0 Å². The molecule has 2 aliphatic rings. The van der Waals surface area contributed by atoms with Crippen molar-refractivity contribution in [2.45, 2.75) is 6.42 Å². The van der Waals surface area contributed by atoms with Gasteiger partial charge in [0, 0.05) is 29.8 Å². The molecule has 120 valence electrons. The van der Waals surface area contributed by atoms with E-state index in [2.05, 4.69) is 0 Å². The number of likely N-dealkylation sites (tertiary alicyclic amines) is 1. The molecule has 0 unspecified atom stereocenters. The third-order valence-electron chi connectivity index (χ3n) is 4.05. The Morgan fingerprint density at radius 1 is 1.39 bits per heavy atom. The molecule has 23 heavy (non-hydrogen) atoms. The van der Waals surface area contributed by atoms with Crippen LogP contribution in [0.5, 0.6) is 5.75 Å². The summed E-state index contributed by atoms with van der Waals surface area (Å²) in [4.78, 5) is 24.9. The smallest absolute Gasteiger partial charge is 0.246 e. The van der Waals surface area contributed by atoms with Crippen molar-refractivity contribution < 1.29 is 14.3 Å². The highest BCUT2D eigenvalue weighted by molar-refractivity contribution is 6.30. The highest BCUT2D eigenvalue weighted by Gasteiger charge is 2.28. The molecule has 1 fully saturated rings. The quantitative estimate of drug-likeness (QED) is 0.860. The summed E-state index contributed by atoms with van der Waals surface area (Å²) < 4.78 is 5.63. The molecule has 1 atom stereocenters. The summed E-state index contributed by atoms with van der Waals surface area (Å²) in [6.07, 6.45) is 5.83. The first-order chi connectivity index (χ1) is 11.0. The molecular formula is C17H17ClN2O3. The first-order valence-electron chi connectivity index (χ1n) is 7.42. The zero-order valence-electron chi connectivity index (χ0n) is 12.5. The molecule has 2 amide bonds. The number of hydrogen-bond donors (Lipinski definition) is 1. The second-order valence-electron chi connectivity index (χ2n) is 5.70. The molecule has 1 aromatic carbocycles. The number of carbonyl (C=O) groups is 2. The number of halogens is 1. The molecule has 0 aromatic heterocycles. The van der Waals surface area contributed by atoms with Crippen molar-refractivity contribution in [3.8, 4) is 5.75 Å². The Labute approximate surface area is 139 Å². The Balaban J connectivity index is 1.66. The second-order valence-corrected chi connectivity index (χ2v) is 6.13. The number of primary amides is 1. The minimum atomic E-state index is -0.346. The molecule has 2 heterocycles. The fraction of sp³-hybridized carbons (Fsp3) is 0.294. The Morgan fingerprint density at radius 2 is 2.22 bits per heavy atom. The molecule has 6 heteroatoms. The molecule has 0 spiro atoms. The van der Waals surface area contributed by atoms with E-state index in [1.807, 2.05) is 18.2 Å². The van der Waals surface area contributed by atoms with E-state index < -0.39 is 0 Å². The topological polar surface area (TPSA) is 72.6 Å². The van der Waals surface area contributed by atoms with Crippen molar-refractivity contribution >= 4 is 29.5 Å². The summed E-state index contributed by atoms with van der Waals surface area (Å²) in [7, 11) is 0. The minimum absolute atomic E-state index is 0.119. The third kappa shape index (κ3) is 3.56. The first kappa shape index (κ1) is 15.6. The number of ether oxygens (including phenoxy) is 1. The van der Waals surface area contributed by atoms with Crippen LogP contribution in [0.15, 0.2) is 35.9 Å². The van der Waals surface area contributed by atoms with Crippen molar-refractivity contribution in [1.82, 2.24) is 4.90 Å². The van der Waals surface area contributed by atoms with Gasteiger partial charge < -0.3 is 15.4 Å². The van der Waals surface area contributed by atoms with Crippen molar-refractivity contribution in [3.05, 3.63) is 46.5 Å². The van der Waals surface area contributed by atoms with Gasteiger partial charge in [-0.05, 0) is 36.3 Å². The summed E-state index contributed by atoms with van der Waals surface area (Å²) in [5.41, 5.74) is 7.06. The van der Waals surface area contributed by atoms with Crippen molar-refractivity contribution in [1.29, 1.82) is 0 Å². The second kappa shape index (κ2) is 6.46. The molecule has 1 saturated heterocycles. The number of fused-ring (bicyclic) bond motifs is 1. The standard InChI is InChI=1S/C17H17ClN2O3/c18-14-2-3-15-13(8-14)7-11(10-23-15)1-4-16(21)20-6-5-12(9-20)17(19)22/h1-4,7-8,12H,5-6,9-10H2,(H2,19,22)/b4-1+/t12-/m1/s1. The van der Waals surface area contributed by atoms with Crippen LogP contribution in [0, 0.1) is 5.92 Å². The third-order valence-corrected chi connectivity index (χ3v) is 4.28. The lowest BCUT2D eigenvalue weighted by molar-refractivity contribution is -0.125. The average Bonchev–Trinajstić information content (AvgIpc) is 3.02. The Bertz CT molecular complexity index is 712. The predicted molar refractivity (Wildman–Crippen MR) is 87.9 cm³/mol. The van der Waals surface area contributed by atoms with E-state index in [1.165, 1.54) is 6.08 Å². The van der Waals surface area contributed by atoms with Gasteiger partial charge in [0.05, 0.1) is 5.92 Å². The number of nitrogens with zero attached hydrogens (tertiary/aromatic N) is 1. The number of hydrogen-bond acceptors (Lipinski definition) is 3. The number of carbonyl (C=O) groups excluding carboxylic acids is 2. The molecule has 3 rings (SSSR count). The molecule has 0 aliphatic carbocycles. The van der Waals surface area contributed by atoms with Gasteiger partial charge >= 0.3 is 0 Å². The van der Waals surface area contributed by atoms with Crippen LogP contribution in [0.1, 0.15) is 12.0 Å². The van der Waals surface area contributed by atoms with Crippen LogP contribution in [-0.2, 0) is 9.59 Å². The number of amides is 2. The molecule has 2 N–H and O–H groups in total. The van der Waals surface area contributed by atoms with Crippen molar-refractivity contribution in [2.75, 3.05) is 19.7 Å². The van der Waals surface area contributed by atoms with Crippen LogP contribution in [0.2, 0.25) is 5.02 Å². The zero-order valence-corrected chi connectivity index (χ0v) is 13.3. The van der Waals surface area contributed by atoms with E-state index in [-0.39, 0.29) is 17.7 Å². The van der Waals surface area contributed by atoms with Crippen LogP contribution < -0.4 is 10.5 Å². The summed E-state index contributed by atoms with van der Waals surface area (Å²) in [5.74, 6) is 0.0769. The lowest BCUT2D eigenvalue weighted by Gasteiger charge is -2.17. The van der Waals surface area contributed by atoms with Gasteiger partial charge in [0.2, 0.25) is 11.8 Å². The van der Waals surface area contributed by atoms with Crippen LogP contribution in [0.4, 0.5) is 0 Å². The predicted octanol–water partition coefficient (Wildman–Crippen LogP) is 2.01. The number of nitrogens with two attached hydrogens (primary N) is 1. The van der Waals surface area contributed by atoms with Crippen molar-refractivity contribution in [3.63, 3.8) is 0 Å². The van der Waals surface area contributed by atoms with E-state index in [0.29, 0.717) is 31.1 Å². The normalized spacial score (nSPS) is 20.1. The fourth-order valence-corrected chi connectivity index (χ4v) is 2.92. The van der Waals surface area contributed by atoms with E-state index in [1.54, 1.807) is 17.0 Å². The van der Waals surface area contributed by atoms with Crippen LogP contribution in [0.25, 0.3) is 6.08 Å². The molecular weight excluding hydrogens is 316 g/mol. The van der Waals surface area contributed by atoms with Crippen LogP contribution >= 0.6 is 11.6 Å². The van der Waals surface area contributed by atoms with E-state index in [9.17, 15) is 9.59 Å². The van der Waals surface area contributed by atoms with E-state index >= 15 is 0 Å². The molecule has 1 aromatic rings.